The lowest BCUT2D eigenvalue weighted by molar-refractivity contribution is -0.140. The molecule has 0 bridgehead atoms. The third-order valence-electron chi connectivity index (χ3n) is 3.91. The molecular weight excluding hydrogens is 316 g/mol. The molecule has 0 radical (unpaired) electrons. The van der Waals surface area contributed by atoms with Crippen molar-refractivity contribution in [3.63, 3.8) is 0 Å². The van der Waals surface area contributed by atoms with Gasteiger partial charge in [-0.05, 0) is 50.7 Å². The van der Waals surface area contributed by atoms with Gasteiger partial charge in [0.2, 0.25) is 0 Å². The van der Waals surface area contributed by atoms with E-state index in [0.29, 0.717) is 12.8 Å². The number of hydrogen-bond acceptors (Lipinski definition) is 2. The van der Waals surface area contributed by atoms with Gasteiger partial charge in [0.05, 0.1) is 0 Å². The van der Waals surface area contributed by atoms with Gasteiger partial charge in [0, 0.05) is 0 Å². The Morgan fingerprint density at radius 1 is 0.833 bits per heavy atom. The van der Waals surface area contributed by atoms with Crippen LogP contribution in [0.2, 0.25) is 0 Å². The maximum absolute atomic E-state index is 11.4. The molecule has 0 heterocycles. The third kappa shape index (κ3) is 10.5. The molecule has 0 amide bonds. The summed E-state index contributed by atoms with van der Waals surface area (Å²) in [5.74, 6) is 0.185. The lowest BCUT2D eigenvalue weighted by Gasteiger charge is -2.25. The van der Waals surface area contributed by atoms with Crippen LogP contribution in [0.1, 0.15) is 65.7 Å². The first-order chi connectivity index (χ1) is 11.6. The molecule has 0 fully saturated rings. The van der Waals surface area contributed by atoms with Gasteiger partial charge in [-0.1, -0.05) is 69.4 Å². The zero-order chi connectivity index (χ0) is 18.1. The van der Waals surface area contributed by atoms with Crippen LogP contribution in [0.25, 0.3) is 0 Å². The molecule has 0 atom stereocenters. The van der Waals surface area contributed by atoms with Gasteiger partial charge in [0.1, 0.15) is 4.75 Å². The number of allylic oxidation sites excluding steroid dienone is 8. The fourth-order valence-corrected chi connectivity index (χ4v) is 3.41. The Morgan fingerprint density at radius 3 is 1.71 bits per heavy atom. The summed E-state index contributed by atoms with van der Waals surface area (Å²) in [5, 5.41) is 9.37. The van der Waals surface area contributed by atoms with Crippen molar-refractivity contribution in [1.29, 1.82) is 0 Å². The average Bonchev–Trinajstić information content (AvgIpc) is 2.58. The summed E-state index contributed by atoms with van der Waals surface area (Å²) in [5.41, 5.74) is 0. The molecule has 0 aromatic rings. The lowest BCUT2D eigenvalue weighted by atomic mass is 10.0. The summed E-state index contributed by atoms with van der Waals surface area (Å²) in [7, 11) is 0. The Morgan fingerprint density at radius 2 is 1.29 bits per heavy atom. The van der Waals surface area contributed by atoms with Crippen LogP contribution in [-0.2, 0) is 4.79 Å². The molecule has 0 aliphatic heterocycles. The van der Waals surface area contributed by atoms with Gasteiger partial charge in [-0.3, -0.25) is 4.79 Å². The maximum Gasteiger partial charge on any atom is 0.319 e. The van der Waals surface area contributed by atoms with Crippen molar-refractivity contribution in [2.75, 3.05) is 5.75 Å². The molecule has 136 valence electrons. The topological polar surface area (TPSA) is 37.3 Å². The monoisotopic (exact) mass is 350 g/mol. The van der Waals surface area contributed by atoms with Gasteiger partial charge >= 0.3 is 5.97 Å². The highest BCUT2D eigenvalue weighted by Gasteiger charge is 2.34. The van der Waals surface area contributed by atoms with Crippen molar-refractivity contribution in [2.24, 2.45) is 0 Å². The van der Waals surface area contributed by atoms with E-state index >= 15 is 0 Å². The van der Waals surface area contributed by atoms with E-state index in [-0.39, 0.29) is 0 Å². The summed E-state index contributed by atoms with van der Waals surface area (Å²) in [6, 6.07) is 0. The molecule has 0 saturated heterocycles. The minimum atomic E-state index is -0.678. The molecule has 24 heavy (non-hydrogen) atoms. The molecule has 0 rings (SSSR count). The quantitative estimate of drug-likeness (QED) is 0.285. The van der Waals surface area contributed by atoms with E-state index in [0.717, 1.165) is 37.9 Å². The molecule has 0 aliphatic carbocycles. The number of carbonyl (C=O) groups is 1. The average molecular weight is 351 g/mol. The smallest absolute Gasteiger partial charge is 0.319 e. The molecule has 0 saturated carbocycles. The van der Waals surface area contributed by atoms with E-state index in [2.05, 4.69) is 55.5 Å². The van der Waals surface area contributed by atoms with E-state index in [1.807, 2.05) is 13.8 Å². The largest absolute Gasteiger partial charge is 0.480 e. The second kappa shape index (κ2) is 15.3. The number of rotatable bonds is 14. The highest BCUT2D eigenvalue weighted by molar-refractivity contribution is 8.01. The first-order valence-corrected chi connectivity index (χ1v) is 10.1. The Kier molecular flexibility index (Phi) is 14.5. The highest BCUT2D eigenvalue weighted by atomic mass is 32.2. The summed E-state index contributed by atoms with van der Waals surface area (Å²) in [6.45, 7) is 6.06. The zero-order valence-corrected chi connectivity index (χ0v) is 16.4. The predicted octanol–water partition coefficient (Wildman–Crippen LogP) is 6.56. The molecule has 0 aromatic heterocycles. The van der Waals surface area contributed by atoms with Crippen LogP contribution >= 0.6 is 11.8 Å². The minimum absolute atomic E-state index is 0.605. The summed E-state index contributed by atoms with van der Waals surface area (Å²) >= 11 is 1.58. The van der Waals surface area contributed by atoms with Crippen LogP contribution in [0, 0.1) is 0 Å². The zero-order valence-electron chi connectivity index (χ0n) is 15.5. The van der Waals surface area contributed by atoms with Gasteiger partial charge in [0.25, 0.3) is 0 Å². The lowest BCUT2D eigenvalue weighted by Crippen LogP contribution is -2.33. The van der Waals surface area contributed by atoms with Gasteiger partial charge in [-0.15, -0.1) is 11.8 Å². The Labute approximate surface area is 152 Å². The number of aliphatic carboxylic acids is 1. The van der Waals surface area contributed by atoms with Gasteiger partial charge in [-0.25, -0.2) is 0 Å². The van der Waals surface area contributed by atoms with Crippen LogP contribution in [0.3, 0.4) is 0 Å². The molecular formula is C21H34O2S. The molecule has 0 aliphatic rings. The van der Waals surface area contributed by atoms with Crippen LogP contribution in [-0.4, -0.2) is 21.6 Å². The Bertz CT molecular complexity index is 429. The second-order valence-electron chi connectivity index (χ2n) is 5.64. The van der Waals surface area contributed by atoms with E-state index in [1.165, 1.54) is 0 Å². The van der Waals surface area contributed by atoms with Crippen LogP contribution in [0.4, 0.5) is 0 Å². The van der Waals surface area contributed by atoms with Crippen molar-refractivity contribution >= 4 is 17.7 Å². The van der Waals surface area contributed by atoms with Crippen LogP contribution in [0.15, 0.2) is 48.6 Å². The Hall–Kier alpha value is -1.22. The predicted molar refractivity (Wildman–Crippen MR) is 109 cm³/mol. The first-order valence-electron chi connectivity index (χ1n) is 9.10. The highest BCUT2D eigenvalue weighted by Crippen LogP contribution is 2.33. The Balaban J connectivity index is 3.81. The normalized spacial score (nSPS) is 13.1. The second-order valence-corrected chi connectivity index (χ2v) is 7.12. The van der Waals surface area contributed by atoms with Crippen LogP contribution < -0.4 is 0 Å². The van der Waals surface area contributed by atoms with Crippen molar-refractivity contribution in [3.8, 4) is 0 Å². The van der Waals surface area contributed by atoms with Gasteiger partial charge in [0.15, 0.2) is 0 Å². The van der Waals surface area contributed by atoms with Crippen molar-refractivity contribution in [3.05, 3.63) is 48.6 Å². The third-order valence-corrected chi connectivity index (χ3v) is 5.66. The molecule has 0 unspecified atom stereocenters. The van der Waals surface area contributed by atoms with Gasteiger partial charge < -0.3 is 5.11 Å². The maximum atomic E-state index is 11.4. The standard InChI is InChI=1S/C21H34O2S/c1-4-7-8-9-10-11-12-13-14-15-16-17-18-19-24-21(5-2,6-3)20(22)23/h7-8,10-11,13-14,16-17H,4-6,9,12,15,18-19H2,1-3H3,(H,22,23)/b8-7-,11-10-,14-13-,17-16-. The van der Waals surface area contributed by atoms with E-state index in [9.17, 15) is 9.90 Å². The van der Waals surface area contributed by atoms with Crippen molar-refractivity contribution in [2.45, 2.75) is 70.5 Å². The van der Waals surface area contributed by atoms with E-state index < -0.39 is 10.7 Å². The summed E-state index contributed by atoms with van der Waals surface area (Å²) in [4.78, 5) is 11.4. The van der Waals surface area contributed by atoms with E-state index in [1.54, 1.807) is 11.8 Å². The number of hydrogen-bond donors (Lipinski definition) is 1. The molecule has 3 heteroatoms. The summed E-state index contributed by atoms with van der Waals surface area (Å²) in [6.07, 6.45) is 23.8. The fourth-order valence-electron chi connectivity index (χ4n) is 2.24. The van der Waals surface area contributed by atoms with Gasteiger partial charge in [-0.2, -0.15) is 0 Å². The van der Waals surface area contributed by atoms with Crippen molar-refractivity contribution in [1.82, 2.24) is 0 Å². The molecule has 0 aromatic carbocycles. The van der Waals surface area contributed by atoms with Crippen LogP contribution in [0.5, 0.6) is 0 Å². The van der Waals surface area contributed by atoms with Crippen molar-refractivity contribution < 1.29 is 9.90 Å². The number of carboxylic acids is 1. The SMILES string of the molecule is CC/C=C\C/C=C\C/C=C\C/C=C\CCSC(CC)(CC)C(=O)O. The minimum Gasteiger partial charge on any atom is -0.480 e. The molecule has 2 nitrogen and oxygen atoms in total. The molecule has 1 N–H and O–H groups in total. The number of carboxylic acid groups (broad SMARTS) is 1. The fraction of sp³-hybridized carbons (Fsp3) is 0.571. The number of thioether (sulfide) groups is 1. The summed E-state index contributed by atoms with van der Waals surface area (Å²) < 4.78 is -0.605. The molecule has 0 spiro atoms. The van der Waals surface area contributed by atoms with E-state index in [4.69, 9.17) is 0 Å². The first kappa shape index (κ1) is 22.8.